The number of terminal acetylenes is 1. The van der Waals surface area contributed by atoms with Crippen LogP contribution in [0, 0.1) is 29.6 Å². The summed E-state index contributed by atoms with van der Waals surface area (Å²) >= 11 is 0. The lowest BCUT2D eigenvalue weighted by atomic mass is 9.98. The summed E-state index contributed by atoms with van der Waals surface area (Å²) in [6.45, 7) is 6.73. The van der Waals surface area contributed by atoms with E-state index in [4.69, 9.17) is 5.26 Å². The van der Waals surface area contributed by atoms with Gasteiger partial charge in [-0.3, -0.25) is 4.79 Å². The second-order valence-electron chi connectivity index (χ2n) is 7.82. The van der Waals surface area contributed by atoms with Crippen molar-refractivity contribution in [2.24, 2.45) is 5.92 Å². The van der Waals surface area contributed by atoms with E-state index >= 15 is 0 Å². The van der Waals surface area contributed by atoms with Crippen LogP contribution in [0.15, 0.2) is 54.6 Å². The molecular formula is C28H36N2O. The maximum atomic E-state index is 12.0. The number of carbonyl (C=O) groups is 1. The summed E-state index contributed by atoms with van der Waals surface area (Å²) in [6, 6.07) is 19.5. The smallest absolute Gasteiger partial charge is 0.251 e. The highest BCUT2D eigenvalue weighted by molar-refractivity contribution is 5.94. The minimum absolute atomic E-state index is 0.0540. The van der Waals surface area contributed by atoms with Gasteiger partial charge in [-0.25, -0.2) is 0 Å². The highest BCUT2D eigenvalue weighted by Gasteiger charge is 2.22. The first-order chi connectivity index (χ1) is 15.1. The lowest BCUT2D eigenvalue weighted by molar-refractivity contribution is 0.0945. The van der Waals surface area contributed by atoms with Crippen LogP contribution in [0.1, 0.15) is 86.7 Å². The number of carbonyl (C=O) groups excluding carboxylic acids is 1. The van der Waals surface area contributed by atoms with E-state index in [1.807, 2.05) is 6.07 Å². The van der Waals surface area contributed by atoms with E-state index in [9.17, 15) is 4.79 Å². The van der Waals surface area contributed by atoms with Crippen molar-refractivity contribution < 1.29 is 4.79 Å². The third kappa shape index (κ3) is 11.1. The van der Waals surface area contributed by atoms with Gasteiger partial charge in [-0.1, -0.05) is 57.0 Å². The Labute approximate surface area is 188 Å². The minimum atomic E-state index is -0.0540. The Morgan fingerprint density at radius 1 is 1.06 bits per heavy atom. The molecule has 2 aromatic carbocycles. The monoisotopic (exact) mass is 416 g/mol. The molecule has 0 spiro atoms. The number of nitrogens with zero attached hydrogens (tertiary/aromatic N) is 1. The van der Waals surface area contributed by atoms with E-state index in [0.29, 0.717) is 17.0 Å². The van der Waals surface area contributed by atoms with Gasteiger partial charge >= 0.3 is 0 Å². The first kappa shape index (κ1) is 26.0. The van der Waals surface area contributed by atoms with Gasteiger partial charge in [-0.2, -0.15) is 5.26 Å². The first-order valence-corrected chi connectivity index (χ1v) is 11.3. The molecule has 1 fully saturated rings. The molecule has 0 unspecified atom stereocenters. The Kier molecular flexibility index (Phi) is 13.2. The predicted octanol–water partition coefficient (Wildman–Crippen LogP) is 6.71. The van der Waals surface area contributed by atoms with Gasteiger partial charge in [0.2, 0.25) is 0 Å². The fourth-order valence-electron chi connectivity index (χ4n) is 3.34. The van der Waals surface area contributed by atoms with E-state index in [1.54, 1.807) is 31.2 Å². The summed E-state index contributed by atoms with van der Waals surface area (Å²) in [7, 11) is 0. The maximum Gasteiger partial charge on any atom is 0.251 e. The Balaban J connectivity index is 0.000000327. The second kappa shape index (κ2) is 15.8. The molecule has 0 heterocycles. The Hall–Kier alpha value is -3.04. The summed E-state index contributed by atoms with van der Waals surface area (Å²) in [5.41, 5.74) is 2.72. The van der Waals surface area contributed by atoms with Crippen molar-refractivity contribution in [1.29, 1.82) is 5.26 Å². The van der Waals surface area contributed by atoms with Crippen LogP contribution in [0.3, 0.4) is 0 Å². The molecule has 1 aliphatic carbocycles. The van der Waals surface area contributed by atoms with Crippen LogP contribution in [0.25, 0.3) is 0 Å². The van der Waals surface area contributed by atoms with Crippen molar-refractivity contribution in [3.63, 3.8) is 0 Å². The van der Waals surface area contributed by atoms with E-state index in [1.165, 1.54) is 18.4 Å². The van der Waals surface area contributed by atoms with Gasteiger partial charge in [0.15, 0.2) is 0 Å². The predicted molar refractivity (Wildman–Crippen MR) is 130 cm³/mol. The first-order valence-electron chi connectivity index (χ1n) is 11.3. The number of nitrogens with one attached hydrogen (secondary N) is 1. The lowest BCUT2D eigenvalue weighted by Gasteiger charge is -2.16. The number of amides is 1. The SMILES string of the molecule is C#CC.CCCC(CCC)CNC(=O)c1ccc(C#N)cc1.c1ccc(C2CC2)cc1. The molecule has 0 aromatic heterocycles. The summed E-state index contributed by atoms with van der Waals surface area (Å²) in [6.07, 6.45) is 12.0. The summed E-state index contributed by atoms with van der Waals surface area (Å²) < 4.78 is 0. The number of rotatable bonds is 8. The average Bonchev–Trinajstić information content (AvgIpc) is 3.65. The Morgan fingerprint density at radius 2 is 1.61 bits per heavy atom. The molecule has 31 heavy (non-hydrogen) atoms. The van der Waals surface area contributed by atoms with Crippen LogP contribution in [-0.2, 0) is 0 Å². The molecule has 1 aliphatic rings. The summed E-state index contributed by atoms with van der Waals surface area (Å²) in [4.78, 5) is 12.0. The van der Waals surface area contributed by atoms with Crippen LogP contribution in [-0.4, -0.2) is 12.5 Å². The lowest BCUT2D eigenvalue weighted by Crippen LogP contribution is -2.29. The summed E-state index contributed by atoms with van der Waals surface area (Å²) in [5.74, 6) is 3.67. The van der Waals surface area contributed by atoms with Gasteiger partial charge in [-0.15, -0.1) is 12.3 Å². The van der Waals surface area contributed by atoms with Crippen LogP contribution in [0.2, 0.25) is 0 Å². The molecule has 3 nitrogen and oxygen atoms in total. The van der Waals surface area contributed by atoms with Crippen molar-refractivity contribution in [1.82, 2.24) is 5.32 Å². The van der Waals surface area contributed by atoms with Crippen molar-refractivity contribution in [2.45, 2.75) is 65.2 Å². The van der Waals surface area contributed by atoms with E-state index < -0.39 is 0 Å². The van der Waals surface area contributed by atoms with Gasteiger partial charge in [0.25, 0.3) is 5.91 Å². The topological polar surface area (TPSA) is 52.9 Å². The molecule has 0 aliphatic heterocycles. The van der Waals surface area contributed by atoms with Crippen molar-refractivity contribution in [2.75, 3.05) is 6.54 Å². The molecule has 0 atom stereocenters. The van der Waals surface area contributed by atoms with Crippen LogP contribution >= 0.6 is 0 Å². The van der Waals surface area contributed by atoms with E-state index in [-0.39, 0.29) is 5.91 Å². The number of nitriles is 1. The molecule has 0 radical (unpaired) electrons. The highest BCUT2D eigenvalue weighted by atomic mass is 16.1. The maximum absolute atomic E-state index is 12.0. The molecule has 2 aromatic rings. The van der Waals surface area contributed by atoms with Crippen molar-refractivity contribution in [3.8, 4) is 18.4 Å². The molecule has 0 bridgehead atoms. The van der Waals surface area contributed by atoms with E-state index in [2.05, 4.69) is 61.8 Å². The Morgan fingerprint density at radius 3 is 2.06 bits per heavy atom. The molecule has 3 rings (SSSR count). The molecule has 1 amide bonds. The molecule has 3 heteroatoms. The highest BCUT2D eigenvalue weighted by Crippen LogP contribution is 2.39. The quantitative estimate of drug-likeness (QED) is 0.486. The third-order valence-electron chi connectivity index (χ3n) is 5.07. The largest absolute Gasteiger partial charge is 0.352 e. The zero-order valence-corrected chi connectivity index (χ0v) is 19.2. The molecule has 1 N–H and O–H groups in total. The normalized spacial score (nSPS) is 11.7. The second-order valence-corrected chi connectivity index (χ2v) is 7.82. The van der Waals surface area contributed by atoms with E-state index in [0.717, 1.165) is 38.1 Å². The van der Waals surface area contributed by atoms with Crippen LogP contribution in [0.4, 0.5) is 0 Å². The third-order valence-corrected chi connectivity index (χ3v) is 5.07. The molecule has 1 saturated carbocycles. The van der Waals surface area contributed by atoms with Gasteiger partial charge in [0.1, 0.15) is 0 Å². The van der Waals surface area contributed by atoms with Crippen LogP contribution in [0.5, 0.6) is 0 Å². The zero-order valence-electron chi connectivity index (χ0n) is 19.2. The molecule has 0 saturated heterocycles. The van der Waals surface area contributed by atoms with Gasteiger partial charge < -0.3 is 5.32 Å². The average molecular weight is 417 g/mol. The number of benzene rings is 2. The molecular weight excluding hydrogens is 380 g/mol. The fourth-order valence-corrected chi connectivity index (χ4v) is 3.34. The van der Waals surface area contributed by atoms with Gasteiger partial charge in [0, 0.05) is 12.1 Å². The van der Waals surface area contributed by atoms with Gasteiger partial charge in [0.05, 0.1) is 11.6 Å². The zero-order chi connectivity index (χ0) is 22.9. The number of hydrogen-bond acceptors (Lipinski definition) is 2. The number of hydrogen-bond donors (Lipinski definition) is 1. The standard InChI is InChI=1S/C16H22N2O.C9H10.C3H4/c1-3-5-14(6-4-2)12-18-16(19)15-9-7-13(11-17)8-10-15;1-2-4-8(5-3-1)9-6-7-9;1-3-2/h7-10,14H,3-6,12H2,1-2H3,(H,18,19);1-5,9H,6-7H2;1H,2H3. The van der Waals surface area contributed by atoms with Crippen LogP contribution < -0.4 is 5.32 Å². The Bertz CT molecular complexity index is 818. The minimum Gasteiger partial charge on any atom is -0.352 e. The molecule has 164 valence electrons. The van der Waals surface area contributed by atoms with Crippen molar-refractivity contribution >= 4 is 5.91 Å². The summed E-state index contributed by atoms with van der Waals surface area (Å²) in [5, 5.41) is 11.7. The van der Waals surface area contributed by atoms with Crippen molar-refractivity contribution in [3.05, 3.63) is 71.3 Å². The fraction of sp³-hybridized carbons (Fsp3) is 0.429. The van der Waals surface area contributed by atoms with Gasteiger partial charge in [-0.05, 0) is 74.3 Å².